The van der Waals surface area contributed by atoms with Crippen molar-refractivity contribution < 1.29 is 29.4 Å². The van der Waals surface area contributed by atoms with E-state index in [9.17, 15) is 24.3 Å². The molecule has 0 aromatic rings. The monoisotopic (exact) mass is 435 g/mol. The third kappa shape index (κ3) is 9.92. The summed E-state index contributed by atoms with van der Waals surface area (Å²) in [6.07, 6.45) is 1.72. The van der Waals surface area contributed by atoms with Gasteiger partial charge in [0.05, 0.1) is 12.6 Å². The summed E-state index contributed by atoms with van der Waals surface area (Å²) in [6.45, 7) is 3.02. The smallest absolute Gasteiger partial charge is 0.326 e. The van der Waals surface area contributed by atoms with Crippen LogP contribution in [0, 0.1) is 5.92 Å². The van der Waals surface area contributed by atoms with E-state index in [1.165, 1.54) is 0 Å². The summed E-state index contributed by atoms with van der Waals surface area (Å²) in [4.78, 5) is 47.9. The second-order valence-corrected chi connectivity index (χ2v) is 7.31. The zero-order valence-corrected chi connectivity index (χ0v) is 17.7. The average molecular weight is 436 g/mol. The first-order valence-electron chi connectivity index (χ1n) is 9.40. The van der Waals surface area contributed by atoms with E-state index in [-0.39, 0.29) is 11.7 Å². The molecule has 0 saturated carbocycles. The Morgan fingerprint density at radius 1 is 0.966 bits per heavy atom. The van der Waals surface area contributed by atoms with Crippen LogP contribution in [0.2, 0.25) is 0 Å². The maximum atomic E-state index is 12.3. The van der Waals surface area contributed by atoms with Gasteiger partial charge in [0.25, 0.3) is 0 Å². The number of carboxylic acid groups (broad SMARTS) is 1. The van der Waals surface area contributed by atoms with Crippen molar-refractivity contribution in [3.05, 3.63) is 0 Å². The third-order valence-electron chi connectivity index (χ3n) is 4.17. The number of hydrogen-bond donors (Lipinski definition) is 8. The van der Waals surface area contributed by atoms with Gasteiger partial charge in [-0.1, -0.05) is 20.3 Å². The number of thiol groups is 1. The van der Waals surface area contributed by atoms with Crippen LogP contribution in [0.4, 0.5) is 0 Å². The Balaban J connectivity index is 4.88. The van der Waals surface area contributed by atoms with E-state index >= 15 is 0 Å². The Hall–Kier alpha value is -1.89. The van der Waals surface area contributed by atoms with E-state index in [1.54, 1.807) is 13.8 Å². The zero-order valence-electron chi connectivity index (χ0n) is 16.8. The summed E-state index contributed by atoms with van der Waals surface area (Å²) in [5.41, 5.74) is 11.1. The highest BCUT2D eigenvalue weighted by Crippen LogP contribution is 2.03. The largest absolute Gasteiger partial charge is 0.480 e. The number of amides is 3. The predicted octanol–water partition coefficient (Wildman–Crippen LogP) is -2.44. The van der Waals surface area contributed by atoms with Crippen LogP contribution in [0.3, 0.4) is 0 Å². The molecule has 0 bridgehead atoms. The average Bonchev–Trinajstić information content (AvgIpc) is 2.67. The number of rotatable bonds is 14. The van der Waals surface area contributed by atoms with Gasteiger partial charge in [0.1, 0.15) is 18.1 Å². The number of nitrogens with two attached hydrogens (primary N) is 2. The molecule has 0 aliphatic carbocycles. The first-order chi connectivity index (χ1) is 13.6. The van der Waals surface area contributed by atoms with Crippen LogP contribution < -0.4 is 27.4 Å². The second-order valence-electron chi connectivity index (χ2n) is 6.95. The molecule has 4 unspecified atom stereocenters. The van der Waals surface area contributed by atoms with Crippen LogP contribution >= 0.6 is 12.6 Å². The van der Waals surface area contributed by atoms with Crippen LogP contribution in [-0.4, -0.2) is 77.0 Å². The van der Waals surface area contributed by atoms with Crippen LogP contribution in [-0.2, 0) is 19.2 Å². The summed E-state index contributed by atoms with van der Waals surface area (Å²) in [6, 6.07) is -4.48. The molecule has 4 atom stereocenters. The molecular weight excluding hydrogens is 402 g/mol. The summed E-state index contributed by atoms with van der Waals surface area (Å²) < 4.78 is 0. The highest BCUT2D eigenvalue weighted by atomic mass is 32.1. The molecule has 11 nitrogen and oxygen atoms in total. The lowest BCUT2D eigenvalue weighted by Crippen LogP contribution is -2.59. The van der Waals surface area contributed by atoms with Gasteiger partial charge in [0, 0.05) is 5.75 Å². The highest BCUT2D eigenvalue weighted by molar-refractivity contribution is 7.80. The Morgan fingerprint density at radius 3 is 1.97 bits per heavy atom. The Labute approximate surface area is 175 Å². The minimum absolute atomic E-state index is 0.118. The lowest BCUT2D eigenvalue weighted by atomic mass is 10.0. The second kappa shape index (κ2) is 14.1. The molecule has 0 saturated heterocycles. The number of carbonyl (C=O) groups is 4. The number of hydrogen-bond acceptors (Lipinski definition) is 8. The lowest BCUT2D eigenvalue weighted by molar-refractivity contribution is -0.143. The van der Waals surface area contributed by atoms with Crippen molar-refractivity contribution in [3.63, 3.8) is 0 Å². The molecule has 0 aromatic heterocycles. The van der Waals surface area contributed by atoms with Gasteiger partial charge in [-0.05, 0) is 25.3 Å². The third-order valence-corrected chi connectivity index (χ3v) is 4.53. The molecule has 0 aliphatic heterocycles. The van der Waals surface area contributed by atoms with Crippen LogP contribution in [0.15, 0.2) is 0 Å². The van der Waals surface area contributed by atoms with Gasteiger partial charge in [-0.2, -0.15) is 12.6 Å². The standard InChI is InChI=1S/C17H33N5O6S/c1-9(2)13(17(27)28)22-16(26)12(8-29)21-15(25)11(7-23)20-14(24)10(19)5-3-4-6-18/h9-13,23,29H,3-8,18-19H2,1-2H3,(H,20,24)(H,21,25)(H,22,26)(H,27,28). The van der Waals surface area contributed by atoms with E-state index in [0.717, 1.165) is 0 Å². The maximum absolute atomic E-state index is 12.3. The van der Waals surface area contributed by atoms with E-state index in [2.05, 4.69) is 28.6 Å². The fourth-order valence-corrected chi connectivity index (χ4v) is 2.60. The summed E-state index contributed by atoms with van der Waals surface area (Å²) in [5.74, 6) is -3.88. The van der Waals surface area contributed by atoms with Gasteiger partial charge < -0.3 is 37.6 Å². The predicted molar refractivity (Wildman–Crippen MR) is 110 cm³/mol. The van der Waals surface area contributed by atoms with E-state index < -0.39 is 54.5 Å². The molecule has 0 heterocycles. The molecule has 12 heteroatoms. The number of carboxylic acids is 1. The summed E-state index contributed by atoms with van der Waals surface area (Å²) >= 11 is 4.00. The Kier molecular flexibility index (Phi) is 13.2. The number of carbonyl (C=O) groups excluding carboxylic acids is 3. The molecule has 3 amide bonds. The van der Waals surface area contributed by atoms with Crippen molar-refractivity contribution in [1.29, 1.82) is 0 Å². The number of aliphatic hydroxyl groups excluding tert-OH is 1. The normalized spacial score (nSPS) is 15.1. The number of nitrogens with one attached hydrogen (secondary N) is 3. The Morgan fingerprint density at radius 2 is 1.52 bits per heavy atom. The fourth-order valence-electron chi connectivity index (χ4n) is 2.35. The van der Waals surface area contributed by atoms with Crippen molar-refractivity contribution in [3.8, 4) is 0 Å². The number of unbranched alkanes of at least 4 members (excludes halogenated alkanes) is 1. The first kappa shape index (κ1) is 27.1. The molecule has 0 rings (SSSR count). The van der Waals surface area contributed by atoms with Crippen molar-refractivity contribution in [2.75, 3.05) is 18.9 Å². The SMILES string of the molecule is CC(C)C(NC(=O)C(CS)NC(=O)C(CO)NC(=O)C(N)CCCCN)C(=O)O. The molecule has 0 spiro atoms. The van der Waals surface area contributed by atoms with Gasteiger partial charge >= 0.3 is 5.97 Å². The number of aliphatic hydroxyl groups is 1. The molecule has 168 valence electrons. The van der Waals surface area contributed by atoms with Crippen LogP contribution in [0.25, 0.3) is 0 Å². The Bertz CT molecular complexity index is 562. The summed E-state index contributed by atoms with van der Waals surface area (Å²) in [7, 11) is 0. The maximum Gasteiger partial charge on any atom is 0.326 e. The van der Waals surface area contributed by atoms with Crippen molar-refractivity contribution in [2.45, 2.75) is 57.3 Å². The lowest BCUT2D eigenvalue weighted by Gasteiger charge is -2.24. The zero-order chi connectivity index (χ0) is 22.6. The van der Waals surface area contributed by atoms with Crippen molar-refractivity contribution in [1.82, 2.24) is 16.0 Å². The highest BCUT2D eigenvalue weighted by Gasteiger charge is 2.30. The molecule has 29 heavy (non-hydrogen) atoms. The van der Waals surface area contributed by atoms with Gasteiger partial charge in [-0.15, -0.1) is 0 Å². The topological polar surface area (TPSA) is 197 Å². The van der Waals surface area contributed by atoms with Crippen LogP contribution in [0.5, 0.6) is 0 Å². The number of aliphatic carboxylic acids is 1. The molecule has 0 aromatic carbocycles. The molecule has 0 radical (unpaired) electrons. The minimum atomic E-state index is -1.32. The molecule has 0 fully saturated rings. The van der Waals surface area contributed by atoms with Crippen molar-refractivity contribution in [2.24, 2.45) is 17.4 Å². The molecule has 9 N–H and O–H groups in total. The van der Waals surface area contributed by atoms with E-state index in [1.807, 2.05) is 0 Å². The van der Waals surface area contributed by atoms with Gasteiger partial charge in [-0.25, -0.2) is 4.79 Å². The van der Waals surface area contributed by atoms with Crippen LogP contribution in [0.1, 0.15) is 33.1 Å². The van der Waals surface area contributed by atoms with E-state index in [0.29, 0.717) is 25.8 Å². The first-order valence-corrected chi connectivity index (χ1v) is 10.0. The van der Waals surface area contributed by atoms with Gasteiger partial charge in [-0.3, -0.25) is 14.4 Å². The molecule has 0 aliphatic rings. The fraction of sp³-hybridized carbons (Fsp3) is 0.765. The quantitative estimate of drug-likeness (QED) is 0.109. The van der Waals surface area contributed by atoms with Gasteiger partial charge in [0.15, 0.2) is 0 Å². The summed E-state index contributed by atoms with van der Waals surface area (Å²) in [5, 5.41) is 25.6. The molecular formula is C17H33N5O6S. The van der Waals surface area contributed by atoms with E-state index in [4.69, 9.17) is 16.6 Å². The minimum Gasteiger partial charge on any atom is -0.480 e. The van der Waals surface area contributed by atoms with Gasteiger partial charge in [0.2, 0.25) is 17.7 Å². The van der Waals surface area contributed by atoms with Crippen molar-refractivity contribution >= 4 is 36.3 Å².